The normalized spacial score (nSPS) is 11.9. The molecule has 0 aliphatic heterocycles. The summed E-state index contributed by atoms with van der Waals surface area (Å²) in [6, 6.07) is 2.99. The average Bonchev–Trinajstić information content (AvgIpc) is 3.18. The summed E-state index contributed by atoms with van der Waals surface area (Å²) in [6.07, 6.45) is 0.834. The number of aryl methyl sites for hydroxylation is 1. The Morgan fingerprint density at radius 3 is 2.19 bits per heavy atom. The highest BCUT2D eigenvalue weighted by Crippen LogP contribution is 2.38. The maximum atomic E-state index is 12.7. The zero-order chi connectivity index (χ0) is 22.9. The topological polar surface area (TPSA) is 116 Å². The molecule has 0 amide bonds. The van der Waals surface area contributed by atoms with E-state index in [2.05, 4.69) is 4.98 Å². The molecule has 0 saturated heterocycles. The van der Waals surface area contributed by atoms with E-state index in [4.69, 9.17) is 18.9 Å². The molecule has 0 radical (unpaired) electrons. The second kappa shape index (κ2) is 8.54. The molecule has 0 saturated carbocycles. The van der Waals surface area contributed by atoms with Crippen molar-refractivity contribution in [2.24, 2.45) is 14.1 Å². The number of ether oxygens (including phenoxy) is 4. The molecule has 166 valence electrons. The van der Waals surface area contributed by atoms with E-state index >= 15 is 0 Å². The summed E-state index contributed by atoms with van der Waals surface area (Å²) in [6.45, 7) is 1.86. The smallest absolute Gasteiger partial charge is 0.338 e. The first kappa shape index (κ1) is 21.9. The number of carbonyl (C=O) groups excluding carboxylic acids is 1. The van der Waals surface area contributed by atoms with Crippen LogP contribution in [0.2, 0.25) is 0 Å². The lowest BCUT2D eigenvalue weighted by Gasteiger charge is -2.17. The molecule has 0 N–H and O–H groups in total. The summed E-state index contributed by atoms with van der Waals surface area (Å²) in [5.74, 6) is 0.412. The molecule has 0 spiro atoms. The van der Waals surface area contributed by atoms with Gasteiger partial charge in [0.05, 0.1) is 39.8 Å². The van der Waals surface area contributed by atoms with Crippen LogP contribution >= 0.6 is 0 Å². The zero-order valence-electron chi connectivity index (χ0n) is 18.2. The van der Waals surface area contributed by atoms with Gasteiger partial charge in [0.1, 0.15) is 6.10 Å². The molecule has 2 aromatic heterocycles. The third-order valence-electron chi connectivity index (χ3n) is 4.88. The summed E-state index contributed by atoms with van der Waals surface area (Å²) in [7, 11) is 7.31. The minimum absolute atomic E-state index is 0.167. The van der Waals surface area contributed by atoms with Crippen molar-refractivity contribution >= 4 is 17.1 Å². The van der Waals surface area contributed by atoms with Crippen molar-refractivity contribution in [3.8, 4) is 17.2 Å². The highest BCUT2D eigenvalue weighted by molar-refractivity contribution is 5.91. The molecule has 1 atom stereocenters. The lowest BCUT2D eigenvalue weighted by molar-refractivity contribution is 0.0307. The summed E-state index contributed by atoms with van der Waals surface area (Å²) in [5.41, 5.74) is -0.213. The maximum absolute atomic E-state index is 12.7. The van der Waals surface area contributed by atoms with Crippen LogP contribution in [0, 0.1) is 0 Å². The van der Waals surface area contributed by atoms with E-state index in [1.54, 1.807) is 11.5 Å². The molecule has 0 fully saturated rings. The van der Waals surface area contributed by atoms with Crippen molar-refractivity contribution in [2.45, 2.75) is 19.6 Å². The van der Waals surface area contributed by atoms with Gasteiger partial charge in [-0.2, -0.15) is 0 Å². The second-order valence-electron chi connectivity index (χ2n) is 6.90. The molecule has 2 heterocycles. The van der Waals surface area contributed by atoms with E-state index in [0.717, 1.165) is 4.57 Å². The van der Waals surface area contributed by atoms with Crippen LogP contribution in [0.3, 0.4) is 0 Å². The van der Waals surface area contributed by atoms with Crippen LogP contribution in [0.25, 0.3) is 11.2 Å². The highest BCUT2D eigenvalue weighted by atomic mass is 16.5. The number of fused-ring (bicyclic) bond motifs is 1. The van der Waals surface area contributed by atoms with Crippen LogP contribution in [-0.2, 0) is 25.4 Å². The first-order valence-corrected chi connectivity index (χ1v) is 9.35. The molecule has 0 aliphatic carbocycles. The zero-order valence-corrected chi connectivity index (χ0v) is 18.2. The third kappa shape index (κ3) is 3.86. The van der Waals surface area contributed by atoms with Gasteiger partial charge in [0.25, 0.3) is 5.56 Å². The Labute approximate surface area is 177 Å². The number of aromatic nitrogens is 4. The van der Waals surface area contributed by atoms with Gasteiger partial charge in [-0.15, -0.1) is 0 Å². The van der Waals surface area contributed by atoms with E-state index in [9.17, 15) is 14.4 Å². The van der Waals surface area contributed by atoms with Crippen molar-refractivity contribution in [3.05, 3.63) is 44.9 Å². The van der Waals surface area contributed by atoms with Gasteiger partial charge in [-0.25, -0.2) is 14.6 Å². The number of rotatable bonds is 7. The largest absolute Gasteiger partial charge is 0.493 e. The minimum Gasteiger partial charge on any atom is -0.493 e. The fourth-order valence-corrected chi connectivity index (χ4v) is 3.30. The Bertz CT molecular complexity index is 1230. The van der Waals surface area contributed by atoms with Gasteiger partial charge in [0.15, 0.2) is 22.7 Å². The maximum Gasteiger partial charge on any atom is 0.338 e. The first-order chi connectivity index (χ1) is 14.7. The summed E-state index contributed by atoms with van der Waals surface area (Å²) >= 11 is 0. The number of hydrogen-bond donors (Lipinski definition) is 0. The van der Waals surface area contributed by atoms with Crippen molar-refractivity contribution in [3.63, 3.8) is 0 Å². The fraction of sp³-hybridized carbons (Fsp3) is 0.400. The van der Waals surface area contributed by atoms with Crippen LogP contribution in [-0.4, -0.2) is 52.1 Å². The Morgan fingerprint density at radius 2 is 1.65 bits per heavy atom. The SMILES string of the molecule is COc1cc(C(=O)OC(C)Cn2cnc3c2c(=O)n(C)c(=O)n3C)cc(OC)c1OC. The molecule has 31 heavy (non-hydrogen) atoms. The van der Waals surface area contributed by atoms with E-state index in [-0.39, 0.29) is 23.3 Å². The quantitative estimate of drug-likeness (QED) is 0.501. The second-order valence-corrected chi connectivity index (χ2v) is 6.90. The van der Waals surface area contributed by atoms with Gasteiger partial charge in [0, 0.05) is 14.1 Å². The van der Waals surface area contributed by atoms with Gasteiger partial charge in [0.2, 0.25) is 5.75 Å². The van der Waals surface area contributed by atoms with Crippen LogP contribution in [0.5, 0.6) is 17.2 Å². The Hall–Kier alpha value is -3.76. The van der Waals surface area contributed by atoms with Crippen LogP contribution in [0.4, 0.5) is 0 Å². The average molecular weight is 432 g/mol. The summed E-state index contributed by atoms with van der Waals surface area (Å²) in [4.78, 5) is 41.5. The van der Waals surface area contributed by atoms with Crippen LogP contribution in [0.15, 0.2) is 28.0 Å². The van der Waals surface area contributed by atoms with E-state index in [1.165, 1.54) is 58.5 Å². The van der Waals surface area contributed by atoms with Crippen LogP contribution in [0.1, 0.15) is 17.3 Å². The number of nitrogens with zero attached hydrogens (tertiary/aromatic N) is 4. The number of benzene rings is 1. The highest BCUT2D eigenvalue weighted by Gasteiger charge is 2.21. The Morgan fingerprint density at radius 1 is 1.03 bits per heavy atom. The predicted octanol–water partition coefficient (Wildman–Crippen LogP) is 0.705. The van der Waals surface area contributed by atoms with Gasteiger partial charge in [-0.1, -0.05) is 0 Å². The molecule has 1 aromatic carbocycles. The number of esters is 1. The lowest BCUT2D eigenvalue weighted by Crippen LogP contribution is -2.37. The van der Waals surface area contributed by atoms with Gasteiger partial charge in [-0.05, 0) is 19.1 Å². The molecule has 1 unspecified atom stereocenters. The lowest BCUT2D eigenvalue weighted by atomic mass is 10.2. The Kier molecular flexibility index (Phi) is 6.04. The molecule has 0 aliphatic rings. The number of carbonyl (C=O) groups is 1. The molecule has 11 heteroatoms. The standard InChI is InChI=1S/C20H24N4O7/c1-11(9-24-10-21-17-15(24)18(25)23(3)20(27)22(17)2)31-19(26)12-7-13(28-4)16(30-6)14(8-12)29-5/h7-8,10-11H,9H2,1-6H3. The van der Waals surface area contributed by atoms with Crippen molar-refractivity contribution < 1.29 is 23.7 Å². The molecule has 0 bridgehead atoms. The van der Waals surface area contributed by atoms with Crippen molar-refractivity contribution in [1.82, 2.24) is 18.7 Å². The monoisotopic (exact) mass is 432 g/mol. The molecule has 3 aromatic rings. The fourth-order valence-electron chi connectivity index (χ4n) is 3.30. The Balaban J connectivity index is 1.87. The number of hydrogen-bond acceptors (Lipinski definition) is 8. The molecular weight excluding hydrogens is 408 g/mol. The minimum atomic E-state index is -0.606. The van der Waals surface area contributed by atoms with E-state index < -0.39 is 23.3 Å². The van der Waals surface area contributed by atoms with Gasteiger partial charge in [-0.3, -0.25) is 13.9 Å². The molecule has 3 rings (SSSR count). The van der Waals surface area contributed by atoms with Crippen molar-refractivity contribution in [1.29, 1.82) is 0 Å². The number of imidazole rings is 1. The van der Waals surface area contributed by atoms with E-state index in [0.29, 0.717) is 17.2 Å². The van der Waals surface area contributed by atoms with Gasteiger partial charge < -0.3 is 23.5 Å². The predicted molar refractivity (Wildman–Crippen MR) is 111 cm³/mol. The van der Waals surface area contributed by atoms with Crippen LogP contribution < -0.4 is 25.5 Å². The summed E-state index contributed by atoms with van der Waals surface area (Å²) < 4.78 is 25.2. The van der Waals surface area contributed by atoms with Crippen molar-refractivity contribution in [2.75, 3.05) is 21.3 Å². The first-order valence-electron chi connectivity index (χ1n) is 9.35. The summed E-state index contributed by atoms with van der Waals surface area (Å²) in [5, 5.41) is 0. The molecule has 11 nitrogen and oxygen atoms in total. The van der Waals surface area contributed by atoms with E-state index in [1.807, 2.05) is 0 Å². The number of methoxy groups -OCH3 is 3. The third-order valence-corrected chi connectivity index (χ3v) is 4.88. The molecular formula is C20H24N4O7. The van der Waals surface area contributed by atoms with Gasteiger partial charge >= 0.3 is 11.7 Å².